The first kappa shape index (κ1) is 16.6. The molecule has 2 aromatic rings. The molecule has 0 saturated carbocycles. The van der Waals surface area contributed by atoms with Crippen LogP contribution in [0.5, 0.6) is 0 Å². The number of ether oxygens (including phenoxy) is 1. The molecule has 0 radical (unpaired) electrons. The molecule has 0 amide bonds. The van der Waals surface area contributed by atoms with Crippen molar-refractivity contribution in [2.45, 2.75) is 20.3 Å². The first-order valence-electron chi connectivity index (χ1n) is 9.27. The molecule has 0 bridgehead atoms. The van der Waals surface area contributed by atoms with Gasteiger partial charge in [0, 0.05) is 0 Å². The monoisotopic (exact) mass is 464 g/mol. The number of aromatic nitrogens is 1. The molecule has 0 unspecified atom stereocenters. The Balaban J connectivity index is 1.43. The Morgan fingerprint density at radius 1 is 1.15 bits per heavy atom. The van der Waals surface area contributed by atoms with Gasteiger partial charge in [0.15, 0.2) is 0 Å². The zero-order valence-corrected chi connectivity index (χ0v) is 16.8. The van der Waals surface area contributed by atoms with E-state index in [1.807, 2.05) is 0 Å². The van der Waals surface area contributed by atoms with Gasteiger partial charge in [-0.2, -0.15) is 0 Å². The van der Waals surface area contributed by atoms with Crippen molar-refractivity contribution in [1.82, 2.24) is 4.98 Å². The number of aromatic amines is 1. The number of hydrogen-bond acceptors (Lipinski definition) is 4. The maximum absolute atomic E-state index is 12.3. The quantitative estimate of drug-likeness (QED) is 0.442. The fourth-order valence-corrected chi connectivity index (χ4v) is 7.44. The topological polar surface area (TPSA) is 48.6 Å². The summed E-state index contributed by atoms with van der Waals surface area (Å²) in [5, 5.41) is 0. The van der Waals surface area contributed by atoms with Crippen molar-refractivity contribution in [2.75, 3.05) is 42.6 Å². The van der Waals surface area contributed by atoms with Crippen LogP contribution in [0.3, 0.4) is 0 Å². The van der Waals surface area contributed by atoms with E-state index in [9.17, 15) is 4.79 Å². The van der Waals surface area contributed by atoms with Crippen LogP contribution in [0, 0.1) is 0 Å². The number of alkyl halides is 2. The molecule has 3 fully saturated rings. The number of anilines is 2. The molecule has 3 atom stereocenters. The molecule has 1 N–H and O–H groups in total. The summed E-state index contributed by atoms with van der Waals surface area (Å²) in [7, 11) is 0. The number of hydrogen-bond donors (Lipinski definition) is 1. The Labute approximate surface area is 163 Å². The summed E-state index contributed by atoms with van der Waals surface area (Å²) in [5.41, 5.74) is 2.42. The van der Waals surface area contributed by atoms with E-state index < -0.39 is 0 Å². The number of nitrogens with zero attached hydrogens (tertiary/aromatic N) is 2. The van der Waals surface area contributed by atoms with Crippen LogP contribution < -0.4 is 36.6 Å². The third-order valence-electron chi connectivity index (χ3n) is 5.51. The van der Waals surface area contributed by atoms with E-state index in [1.54, 1.807) is 6.07 Å². The van der Waals surface area contributed by atoms with Crippen molar-refractivity contribution in [3.05, 3.63) is 58.4 Å². The molecule has 6 heteroatoms. The third kappa shape index (κ3) is 3.24. The van der Waals surface area contributed by atoms with Crippen LogP contribution in [-0.2, 0) is 11.2 Å². The average molecular weight is 464 g/mol. The number of H-pyrrole nitrogens is 1. The molecule has 3 saturated heterocycles. The number of fused-ring (bicyclic) bond motifs is 1. The van der Waals surface area contributed by atoms with Gasteiger partial charge in [-0.3, -0.25) is 0 Å². The van der Waals surface area contributed by atoms with Gasteiger partial charge >= 0.3 is 164 Å². The number of halogens is 1. The number of rotatable bonds is 4. The molecule has 3 aliphatic rings. The van der Waals surface area contributed by atoms with Gasteiger partial charge < -0.3 is 0 Å². The standard InChI is InChI=1S/C20H23IN3O2/c25-19-12-15(23-6-8-26-9-7-23)11-18(22-19)24-13-16-20(21-16)17(24)10-14-4-2-1-3-5-14/h1-5,11-12,16-17,20H,6-10,13H2,(H,22,25)/q-1/t16-,17-,20-/m0/s1. The van der Waals surface area contributed by atoms with E-state index in [-0.39, 0.29) is 5.56 Å². The zero-order chi connectivity index (χ0) is 17.5. The molecule has 3 aliphatic heterocycles. The molecule has 0 aliphatic carbocycles. The molecule has 1 aromatic heterocycles. The number of pyridine rings is 1. The minimum absolute atomic E-state index is 0.00211. The van der Waals surface area contributed by atoms with Crippen LogP contribution in [0.4, 0.5) is 11.5 Å². The Morgan fingerprint density at radius 2 is 1.96 bits per heavy atom. The summed E-state index contributed by atoms with van der Waals surface area (Å²) in [4.78, 5) is 20.2. The van der Waals surface area contributed by atoms with Crippen LogP contribution in [0.2, 0.25) is 0 Å². The molecular weight excluding hydrogens is 441 g/mol. The Morgan fingerprint density at radius 3 is 2.77 bits per heavy atom. The summed E-state index contributed by atoms with van der Waals surface area (Å²) in [5.74, 6) is 0.996. The zero-order valence-electron chi connectivity index (χ0n) is 14.6. The second-order valence-electron chi connectivity index (χ2n) is 7.18. The van der Waals surface area contributed by atoms with Gasteiger partial charge in [-0.25, -0.2) is 0 Å². The third-order valence-corrected chi connectivity index (χ3v) is 9.30. The van der Waals surface area contributed by atoms with Crippen molar-refractivity contribution < 1.29 is 25.9 Å². The van der Waals surface area contributed by atoms with E-state index in [4.69, 9.17) is 4.74 Å². The molecule has 26 heavy (non-hydrogen) atoms. The van der Waals surface area contributed by atoms with Crippen molar-refractivity contribution in [2.24, 2.45) is 0 Å². The van der Waals surface area contributed by atoms with Gasteiger partial charge in [0.2, 0.25) is 0 Å². The first-order chi connectivity index (χ1) is 12.8. The first-order valence-corrected chi connectivity index (χ1v) is 11.8. The Bertz CT molecular complexity index is 834. The van der Waals surface area contributed by atoms with Crippen molar-refractivity contribution in [1.29, 1.82) is 0 Å². The van der Waals surface area contributed by atoms with Crippen LogP contribution >= 0.6 is 0 Å². The van der Waals surface area contributed by atoms with Crippen LogP contribution in [0.25, 0.3) is 0 Å². The second-order valence-corrected chi connectivity index (χ2v) is 10.9. The van der Waals surface area contributed by atoms with E-state index in [2.05, 4.69) is 51.2 Å². The van der Waals surface area contributed by atoms with Gasteiger partial charge in [0.1, 0.15) is 0 Å². The average Bonchev–Trinajstić information content (AvgIpc) is 3.37. The molecule has 138 valence electrons. The van der Waals surface area contributed by atoms with Gasteiger partial charge in [0.25, 0.3) is 0 Å². The number of nitrogens with one attached hydrogen (secondary N) is 1. The number of morpholine rings is 1. The SMILES string of the molecule is O=c1cc(N2CCOCC2)cc(N2C[C@@H]3[I-][C@@H]3[C@@H]2Cc2ccccc2)[nH]1. The summed E-state index contributed by atoms with van der Waals surface area (Å²) in [6, 6.07) is 15.2. The van der Waals surface area contributed by atoms with Gasteiger partial charge in [0.05, 0.1) is 0 Å². The fraction of sp³-hybridized carbons (Fsp3) is 0.450. The van der Waals surface area contributed by atoms with Gasteiger partial charge in [-0.05, 0) is 0 Å². The molecule has 4 heterocycles. The van der Waals surface area contributed by atoms with Crippen molar-refractivity contribution in [3.63, 3.8) is 0 Å². The minimum atomic E-state index is -0.00211. The van der Waals surface area contributed by atoms with E-state index in [0.717, 1.165) is 58.6 Å². The molecule has 1 aromatic carbocycles. The van der Waals surface area contributed by atoms with Crippen LogP contribution in [0.15, 0.2) is 47.3 Å². The Hall–Kier alpha value is -1.54. The molecule has 5 rings (SSSR count). The summed E-state index contributed by atoms with van der Waals surface area (Å²) >= 11 is 0.351. The fourth-order valence-electron chi connectivity index (χ4n) is 4.13. The van der Waals surface area contributed by atoms with E-state index >= 15 is 0 Å². The summed E-state index contributed by atoms with van der Waals surface area (Å²) in [6.45, 7) is 4.28. The van der Waals surface area contributed by atoms with Crippen molar-refractivity contribution >= 4 is 11.5 Å². The van der Waals surface area contributed by atoms with E-state index in [1.165, 1.54) is 5.56 Å². The maximum atomic E-state index is 12.3. The Kier molecular flexibility index (Phi) is 4.40. The summed E-state index contributed by atoms with van der Waals surface area (Å²) < 4.78 is 7.23. The number of benzene rings is 1. The predicted octanol–water partition coefficient (Wildman–Crippen LogP) is -1.52. The van der Waals surface area contributed by atoms with Crippen LogP contribution in [-0.4, -0.2) is 51.7 Å². The van der Waals surface area contributed by atoms with Crippen molar-refractivity contribution in [3.8, 4) is 0 Å². The summed E-state index contributed by atoms with van der Waals surface area (Å²) in [6.07, 6.45) is 1.07. The van der Waals surface area contributed by atoms with Crippen LogP contribution in [0.1, 0.15) is 5.56 Å². The normalized spacial score (nSPS) is 27.8. The second kappa shape index (κ2) is 6.88. The molecule has 0 spiro atoms. The van der Waals surface area contributed by atoms with E-state index in [0.29, 0.717) is 27.2 Å². The molecule has 5 nitrogen and oxygen atoms in total. The van der Waals surface area contributed by atoms with Gasteiger partial charge in [-0.1, -0.05) is 0 Å². The predicted molar refractivity (Wildman–Crippen MR) is 99.0 cm³/mol. The molecular formula is C20H23IN3O2-. The van der Waals surface area contributed by atoms with Gasteiger partial charge in [-0.15, -0.1) is 0 Å².